The molecule has 3 heterocycles. The third kappa shape index (κ3) is 3.67. The van der Waals surface area contributed by atoms with E-state index in [-0.39, 0.29) is 6.61 Å². The molecule has 0 saturated carbocycles. The standard InChI is InChI=1S/C17H24N2OS/c1-14-5-2-3-9-19(14)15-11-18(12-15)13-17-8-7-16(21-17)6-4-10-20/h7-8,14-15,20H,2-3,5,9-13H2,1H3/t14-/m0/s1. The van der Waals surface area contributed by atoms with Gasteiger partial charge in [-0.2, -0.15) is 0 Å². The molecule has 1 aromatic rings. The van der Waals surface area contributed by atoms with Gasteiger partial charge in [0.15, 0.2) is 0 Å². The average molecular weight is 304 g/mol. The lowest BCUT2D eigenvalue weighted by Crippen LogP contribution is -2.61. The monoisotopic (exact) mass is 304 g/mol. The lowest BCUT2D eigenvalue weighted by atomic mass is 9.97. The minimum atomic E-state index is -0.0605. The molecule has 2 aliphatic rings. The van der Waals surface area contributed by atoms with Crippen molar-refractivity contribution in [3.05, 3.63) is 21.9 Å². The predicted octanol–water partition coefficient (Wildman–Crippen LogP) is 2.15. The molecular formula is C17H24N2OS. The fourth-order valence-corrected chi connectivity index (χ4v) is 4.35. The zero-order valence-corrected chi connectivity index (χ0v) is 13.5. The van der Waals surface area contributed by atoms with Gasteiger partial charge in [-0.3, -0.25) is 9.80 Å². The van der Waals surface area contributed by atoms with Gasteiger partial charge >= 0.3 is 0 Å². The second-order valence-corrected chi connectivity index (χ2v) is 7.32. The summed E-state index contributed by atoms with van der Waals surface area (Å²) in [4.78, 5) is 7.68. The predicted molar refractivity (Wildman–Crippen MR) is 87.4 cm³/mol. The van der Waals surface area contributed by atoms with Gasteiger partial charge in [-0.05, 0) is 38.4 Å². The van der Waals surface area contributed by atoms with Crippen LogP contribution in [-0.2, 0) is 6.54 Å². The topological polar surface area (TPSA) is 26.7 Å². The highest BCUT2D eigenvalue weighted by molar-refractivity contribution is 7.12. The van der Waals surface area contributed by atoms with Crippen LogP contribution in [0.4, 0.5) is 0 Å². The van der Waals surface area contributed by atoms with Crippen LogP contribution in [0.15, 0.2) is 12.1 Å². The minimum Gasteiger partial charge on any atom is -0.384 e. The van der Waals surface area contributed by atoms with Crippen LogP contribution < -0.4 is 0 Å². The Morgan fingerprint density at radius 2 is 2.19 bits per heavy atom. The number of aliphatic hydroxyl groups is 1. The number of nitrogens with zero attached hydrogens (tertiary/aromatic N) is 2. The van der Waals surface area contributed by atoms with E-state index in [9.17, 15) is 0 Å². The number of likely N-dealkylation sites (tertiary alicyclic amines) is 2. The van der Waals surface area contributed by atoms with E-state index in [2.05, 4.69) is 40.7 Å². The van der Waals surface area contributed by atoms with Crippen LogP contribution in [0.1, 0.15) is 35.9 Å². The molecule has 0 radical (unpaired) electrons. The first-order chi connectivity index (χ1) is 10.3. The quantitative estimate of drug-likeness (QED) is 0.867. The summed E-state index contributed by atoms with van der Waals surface area (Å²) in [6.07, 6.45) is 4.15. The van der Waals surface area contributed by atoms with Crippen molar-refractivity contribution in [2.45, 2.75) is 44.8 Å². The van der Waals surface area contributed by atoms with Gasteiger partial charge in [0, 0.05) is 36.6 Å². The maximum atomic E-state index is 8.72. The highest BCUT2D eigenvalue weighted by Crippen LogP contribution is 2.26. The van der Waals surface area contributed by atoms with Gasteiger partial charge in [0.2, 0.25) is 0 Å². The fraction of sp³-hybridized carbons (Fsp3) is 0.647. The molecule has 0 unspecified atom stereocenters. The van der Waals surface area contributed by atoms with E-state index in [0.29, 0.717) is 0 Å². The highest BCUT2D eigenvalue weighted by atomic mass is 32.1. The number of hydrogen-bond donors (Lipinski definition) is 1. The van der Waals surface area contributed by atoms with Crippen molar-refractivity contribution in [1.29, 1.82) is 0 Å². The van der Waals surface area contributed by atoms with Gasteiger partial charge in [0.05, 0.1) is 4.88 Å². The lowest BCUT2D eigenvalue weighted by Gasteiger charge is -2.49. The van der Waals surface area contributed by atoms with Crippen LogP contribution in [0.25, 0.3) is 0 Å². The molecule has 3 nitrogen and oxygen atoms in total. The average Bonchev–Trinajstić information content (AvgIpc) is 2.89. The van der Waals surface area contributed by atoms with Crippen molar-refractivity contribution in [3.63, 3.8) is 0 Å². The van der Waals surface area contributed by atoms with Crippen LogP contribution in [0.2, 0.25) is 0 Å². The zero-order valence-electron chi connectivity index (χ0n) is 12.7. The third-order valence-corrected chi connectivity index (χ3v) is 5.58. The summed E-state index contributed by atoms with van der Waals surface area (Å²) in [6.45, 7) is 7.08. The van der Waals surface area contributed by atoms with E-state index >= 15 is 0 Å². The molecule has 1 atom stereocenters. The van der Waals surface area contributed by atoms with E-state index in [1.54, 1.807) is 11.3 Å². The molecule has 0 amide bonds. The molecule has 0 bridgehead atoms. The molecular weight excluding hydrogens is 280 g/mol. The summed E-state index contributed by atoms with van der Waals surface area (Å²) >= 11 is 1.75. The largest absolute Gasteiger partial charge is 0.384 e. The SMILES string of the molecule is C[C@H]1CCCCN1C1CN(Cc2ccc(C#CCO)s2)C1. The minimum absolute atomic E-state index is 0.0605. The number of rotatable bonds is 3. The van der Waals surface area contributed by atoms with Crippen molar-refractivity contribution < 1.29 is 5.11 Å². The Kier molecular flexibility index (Phi) is 4.97. The summed E-state index contributed by atoms with van der Waals surface area (Å²) in [5.41, 5.74) is 0. The van der Waals surface area contributed by atoms with Crippen molar-refractivity contribution in [1.82, 2.24) is 9.80 Å². The van der Waals surface area contributed by atoms with Crippen molar-refractivity contribution >= 4 is 11.3 Å². The molecule has 1 N–H and O–H groups in total. The first-order valence-electron chi connectivity index (χ1n) is 7.93. The number of thiophene rings is 1. The molecule has 21 heavy (non-hydrogen) atoms. The Morgan fingerprint density at radius 3 is 2.95 bits per heavy atom. The van der Waals surface area contributed by atoms with Gasteiger partial charge < -0.3 is 5.11 Å². The van der Waals surface area contributed by atoms with Crippen LogP contribution in [0.3, 0.4) is 0 Å². The Balaban J connectivity index is 1.47. The summed E-state index contributed by atoms with van der Waals surface area (Å²) in [6, 6.07) is 5.78. The molecule has 0 aromatic carbocycles. The molecule has 2 fully saturated rings. The van der Waals surface area contributed by atoms with E-state index in [0.717, 1.165) is 23.5 Å². The maximum absolute atomic E-state index is 8.72. The first kappa shape index (κ1) is 15.1. The van der Waals surface area contributed by atoms with Crippen LogP contribution >= 0.6 is 11.3 Å². The first-order valence-corrected chi connectivity index (χ1v) is 8.74. The Hall–Kier alpha value is -0.860. The van der Waals surface area contributed by atoms with Gasteiger partial charge in [0.25, 0.3) is 0 Å². The van der Waals surface area contributed by atoms with Gasteiger partial charge in [-0.15, -0.1) is 11.3 Å². The van der Waals surface area contributed by atoms with Crippen LogP contribution in [0.5, 0.6) is 0 Å². The lowest BCUT2D eigenvalue weighted by molar-refractivity contribution is -0.00574. The summed E-state index contributed by atoms with van der Waals surface area (Å²) in [5, 5.41) is 8.72. The summed E-state index contributed by atoms with van der Waals surface area (Å²) < 4.78 is 0. The van der Waals surface area contributed by atoms with Crippen molar-refractivity contribution in [2.24, 2.45) is 0 Å². The second-order valence-electron chi connectivity index (χ2n) is 6.16. The number of aliphatic hydroxyl groups excluding tert-OH is 1. The van der Waals surface area contributed by atoms with E-state index < -0.39 is 0 Å². The third-order valence-electron chi connectivity index (χ3n) is 4.59. The van der Waals surface area contributed by atoms with Crippen molar-refractivity contribution in [2.75, 3.05) is 26.2 Å². The van der Waals surface area contributed by atoms with Crippen molar-refractivity contribution in [3.8, 4) is 11.8 Å². The molecule has 114 valence electrons. The molecule has 2 aliphatic heterocycles. The van der Waals surface area contributed by atoms with Gasteiger partial charge in [-0.25, -0.2) is 0 Å². The Bertz CT molecular complexity index is 524. The second kappa shape index (κ2) is 6.93. The normalized spacial score (nSPS) is 24.4. The van der Waals surface area contributed by atoms with E-state index in [4.69, 9.17) is 5.11 Å². The van der Waals surface area contributed by atoms with Crippen LogP contribution in [-0.4, -0.2) is 53.2 Å². The molecule has 0 spiro atoms. The summed E-state index contributed by atoms with van der Waals surface area (Å²) in [7, 11) is 0. The van der Waals surface area contributed by atoms with Gasteiger partial charge in [-0.1, -0.05) is 18.3 Å². The molecule has 2 saturated heterocycles. The molecule has 0 aliphatic carbocycles. The number of piperidine rings is 1. The van der Waals surface area contributed by atoms with Crippen LogP contribution in [0, 0.1) is 11.8 Å². The number of hydrogen-bond acceptors (Lipinski definition) is 4. The smallest absolute Gasteiger partial charge is 0.104 e. The van der Waals surface area contributed by atoms with E-state index in [1.165, 1.54) is 43.8 Å². The van der Waals surface area contributed by atoms with E-state index in [1.807, 2.05) is 0 Å². The zero-order chi connectivity index (χ0) is 14.7. The Labute approximate surface area is 131 Å². The molecule has 1 aromatic heterocycles. The molecule has 4 heteroatoms. The fourth-order valence-electron chi connectivity index (χ4n) is 3.42. The van der Waals surface area contributed by atoms with Gasteiger partial charge in [0.1, 0.15) is 6.61 Å². The Morgan fingerprint density at radius 1 is 1.33 bits per heavy atom. The summed E-state index contributed by atoms with van der Waals surface area (Å²) in [5.74, 6) is 5.69. The molecule has 3 rings (SSSR count). The highest BCUT2D eigenvalue weighted by Gasteiger charge is 2.34. The maximum Gasteiger partial charge on any atom is 0.104 e.